The van der Waals surface area contributed by atoms with Crippen LogP contribution in [0.15, 0.2) is 59.7 Å². The fourth-order valence-corrected chi connectivity index (χ4v) is 4.67. The van der Waals surface area contributed by atoms with Crippen LogP contribution in [0.3, 0.4) is 0 Å². The van der Waals surface area contributed by atoms with Crippen LogP contribution < -0.4 is 16.2 Å². The number of pyridine rings is 1. The minimum absolute atomic E-state index is 0.0679. The van der Waals surface area contributed by atoms with Crippen LogP contribution in [-0.4, -0.2) is 48.2 Å². The normalized spacial score (nSPS) is 12.4. The van der Waals surface area contributed by atoms with Gasteiger partial charge in [0.1, 0.15) is 5.56 Å². The lowest BCUT2D eigenvalue weighted by atomic mass is 10.1. The molecule has 1 aliphatic carbocycles. The summed E-state index contributed by atoms with van der Waals surface area (Å²) in [5, 5.41) is 17.2. The van der Waals surface area contributed by atoms with Crippen LogP contribution in [0.5, 0.6) is 0 Å². The number of aromatic nitrogens is 7. The average molecular weight is 510 g/mol. The Hall–Kier alpha value is -4.97. The van der Waals surface area contributed by atoms with Crippen molar-refractivity contribution < 1.29 is 9.63 Å². The van der Waals surface area contributed by atoms with Gasteiger partial charge < -0.3 is 9.88 Å². The SMILES string of the molecule is CONC(=O)c1cn(-c2ccc3c(c2)CCC3)c2nc(Nc3ccc(Cc4nnn[nH]4)cc3)ncc2c1=O. The first-order valence-corrected chi connectivity index (χ1v) is 12.1. The van der Waals surface area contributed by atoms with Gasteiger partial charge in [-0.15, -0.1) is 5.10 Å². The number of anilines is 2. The minimum Gasteiger partial charge on any atom is -0.324 e. The van der Waals surface area contributed by atoms with Crippen LogP contribution in [0, 0.1) is 0 Å². The zero-order chi connectivity index (χ0) is 26.1. The van der Waals surface area contributed by atoms with E-state index in [9.17, 15) is 9.59 Å². The molecule has 0 fully saturated rings. The maximum atomic E-state index is 13.2. The van der Waals surface area contributed by atoms with Gasteiger partial charge in [-0.2, -0.15) is 4.98 Å². The molecule has 38 heavy (non-hydrogen) atoms. The maximum absolute atomic E-state index is 13.2. The highest BCUT2D eigenvalue weighted by Crippen LogP contribution is 2.26. The molecule has 3 N–H and O–H groups in total. The van der Waals surface area contributed by atoms with Crippen LogP contribution in [0.2, 0.25) is 0 Å². The number of amides is 1. The third-order valence-corrected chi connectivity index (χ3v) is 6.51. The molecule has 0 atom stereocenters. The zero-order valence-corrected chi connectivity index (χ0v) is 20.4. The Kier molecular flexibility index (Phi) is 6.06. The van der Waals surface area contributed by atoms with E-state index >= 15 is 0 Å². The van der Waals surface area contributed by atoms with Crippen LogP contribution in [0.1, 0.15) is 39.3 Å². The van der Waals surface area contributed by atoms with Gasteiger partial charge in [-0.05, 0) is 70.6 Å². The number of carbonyl (C=O) groups is 1. The Morgan fingerprint density at radius 3 is 2.76 bits per heavy atom. The number of aryl methyl sites for hydroxylation is 2. The highest BCUT2D eigenvalue weighted by atomic mass is 16.6. The van der Waals surface area contributed by atoms with Crippen molar-refractivity contribution in [2.75, 3.05) is 12.4 Å². The molecule has 0 aliphatic heterocycles. The van der Waals surface area contributed by atoms with E-state index in [4.69, 9.17) is 4.84 Å². The minimum atomic E-state index is -0.641. The first kappa shape index (κ1) is 23.4. The summed E-state index contributed by atoms with van der Waals surface area (Å²) < 4.78 is 1.75. The van der Waals surface area contributed by atoms with Crippen molar-refractivity contribution in [3.63, 3.8) is 0 Å². The van der Waals surface area contributed by atoms with Crippen LogP contribution in [-0.2, 0) is 24.1 Å². The molecule has 0 spiro atoms. The van der Waals surface area contributed by atoms with E-state index in [2.05, 4.69) is 53.5 Å². The molecule has 190 valence electrons. The number of H-pyrrole nitrogens is 1. The summed E-state index contributed by atoms with van der Waals surface area (Å²) in [6.07, 6.45) is 6.65. The van der Waals surface area contributed by atoms with Crippen LogP contribution in [0.4, 0.5) is 11.6 Å². The van der Waals surface area contributed by atoms with Gasteiger partial charge in [0.25, 0.3) is 5.91 Å². The van der Waals surface area contributed by atoms with Gasteiger partial charge in [0, 0.05) is 30.2 Å². The first-order chi connectivity index (χ1) is 18.6. The standard InChI is InChI=1S/C26H23N9O3/c1-38-32-25(37)21-14-35(19-10-7-16-3-2-4-17(16)12-19)24-20(23(21)36)13-27-26(29-24)28-18-8-5-15(6-9-18)11-22-30-33-34-31-22/h5-10,12-14H,2-4,11H2,1H3,(H,32,37)(H,27,28,29)(H,30,31,33,34). The Morgan fingerprint density at radius 1 is 1.13 bits per heavy atom. The molecule has 0 saturated carbocycles. The molecular weight excluding hydrogens is 486 g/mol. The van der Waals surface area contributed by atoms with Crippen molar-refractivity contribution in [3.05, 3.63) is 93.2 Å². The molecular formula is C26H23N9O3. The molecule has 1 aliphatic rings. The number of fused-ring (bicyclic) bond motifs is 2. The van der Waals surface area contributed by atoms with Gasteiger partial charge in [0.15, 0.2) is 11.5 Å². The summed E-state index contributed by atoms with van der Waals surface area (Å²) in [6.45, 7) is 0. The van der Waals surface area contributed by atoms with Crippen molar-refractivity contribution >= 4 is 28.6 Å². The monoisotopic (exact) mass is 509 g/mol. The van der Waals surface area contributed by atoms with Gasteiger partial charge in [-0.3, -0.25) is 14.4 Å². The number of aromatic amines is 1. The molecule has 5 aromatic rings. The third kappa shape index (κ3) is 4.48. The number of rotatable bonds is 7. The Labute approximate surface area is 216 Å². The van der Waals surface area contributed by atoms with Crippen LogP contribution >= 0.6 is 0 Å². The fourth-order valence-electron chi connectivity index (χ4n) is 4.67. The molecule has 6 rings (SSSR count). The Balaban J connectivity index is 1.39. The van der Waals surface area contributed by atoms with Crippen molar-refractivity contribution in [1.82, 2.24) is 40.6 Å². The van der Waals surface area contributed by atoms with E-state index in [1.54, 1.807) is 4.57 Å². The second kappa shape index (κ2) is 9.82. The molecule has 12 heteroatoms. The number of hydroxylamine groups is 1. The Bertz CT molecular complexity index is 1700. The number of benzene rings is 2. The lowest BCUT2D eigenvalue weighted by molar-refractivity contribution is 0.0536. The highest BCUT2D eigenvalue weighted by Gasteiger charge is 2.19. The van der Waals surface area contributed by atoms with E-state index in [1.807, 2.05) is 30.3 Å². The van der Waals surface area contributed by atoms with E-state index in [-0.39, 0.29) is 10.9 Å². The molecule has 2 aromatic carbocycles. The van der Waals surface area contributed by atoms with E-state index in [1.165, 1.54) is 30.6 Å². The summed E-state index contributed by atoms with van der Waals surface area (Å²) in [5.41, 5.74) is 7.24. The second-order valence-corrected chi connectivity index (χ2v) is 8.96. The van der Waals surface area contributed by atoms with Gasteiger partial charge in [-0.1, -0.05) is 18.2 Å². The molecule has 0 radical (unpaired) electrons. The fraction of sp³-hybridized carbons (Fsp3) is 0.192. The largest absolute Gasteiger partial charge is 0.324 e. The predicted octanol–water partition coefficient (Wildman–Crippen LogP) is 2.41. The molecule has 3 heterocycles. The zero-order valence-electron chi connectivity index (χ0n) is 20.4. The van der Waals surface area contributed by atoms with Gasteiger partial charge in [0.05, 0.1) is 12.5 Å². The molecule has 1 amide bonds. The number of hydrogen-bond donors (Lipinski definition) is 3. The summed E-state index contributed by atoms with van der Waals surface area (Å²) in [6, 6.07) is 13.9. The first-order valence-electron chi connectivity index (χ1n) is 12.1. The Morgan fingerprint density at radius 2 is 1.97 bits per heavy atom. The number of hydrogen-bond acceptors (Lipinski definition) is 9. The van der Waals surface area contributed by atoms with Gasteiger partial charge in [0.2, 0.25) is 11.4 Å². The molecule has 12 nitrogen and oxygen atoms in total. The third-order valence-electron chi connectivity index (χ3n) is 6.51. The van der Waals surface area contributed by atoms with E-state index in [0.29, 0.717) is 23.8 Å². The van der Waals surface area contributed by atoms with Gasteiger partial charge >= 0.3 is 0 Å². The van der Waals surface area contributed by atoms with Crippen molar-refractivity contribution in [2.45, 2.75) is 25.7 Å². The predicted molar refractivity (Wildman–Crippen MR) is 138 cm³/mol. The summed E-state index contributed by atoms with van der Waals surface area (Å²) >= 11 is 0. The van der Waals surface area contributed by atoms with E-state index in [0.717, 1.165) is 36.2 Å². The second-order valence-electron chi connectivity index (χ2n) is 8.96. The average Bonchev–Trinajstić information content (AvgIpc) is 3.62. The lowest BCUT2D eigenvalue weighted by Crippen LogP contribution is -2.29. The van der Waals surface area contributed by atoms with Crippen LogP contribution in [0.25, 0.3) is 16.7 Å². The summed E-state index contributed by atoms with van der Waals surface area (Å²) in [5.74, 6) is 0.345. The molecule has 0 unspecified atom stereocenters. The molecule has 0 bridgehead atoms. The number of nitrogens with one attached hydrogen (secondary N) is 3. The molecule has 3 aromatic heterocycles. The number of tetrazole rings is 1. The maximum Gasteiger partial charge on any atom is 0.280 e. The number of carbonyl (C=O) groups excluding carboxylic acids is 1. The van der Waals surface area contributed by atoms with Crippen molar-refractivity contribution in [1.29, 1.82) is 0 Å². The van der Waals surface area contributed by atoms with Crippen molar-refractivity contribution in [2.24, 2.45) is 0 Å². The highest BCUT2D eigenvalue weighted by molar-refractivity contribution is 5.96. The topological polar surface area (TPSA) is 153 Å². The molecule has 0 saturated heterocycles. The van der Waals surface area contributed by atoms with E-state index < -0.39 is 11.3 Å². The van der Waals surface area contributed by atoms with Gasteiger partial charge in [-0.25, -0.2) is 15.6 Å². The quantitative estimate of drug-likeness (QED) is 0.281. The summed E-state index contributed by atoms with van der Waals surface area (Å²) in [4.78, 5) is 39.6. The smallest absolute Gasteiger partial charge is 0.280 e. The lowest BCUT2D eigenvalue weighted by Gasteiger charge is -2.15. The summed E-state index contributed by atoms with van der Waals surface area (Å²) in [7, 11) is 1.32. The number of nitrogens with zero attached hydrogens (tertiary/aromatic N) is 6. The van der Waals surface area contributed by atoms with Crippen molar-refractivity contribution in [3.8, 4) is 5.69 Å².